The summed E-state index contributed by atoms with van der Waals surface area (Å²) in [6.07, 6.45) is 0. The Morgan fingerprint density at radius 1 is 1.15 bits per heavy atom. The molecule has 1 aromatic carbocycles. The first-order valence-corrected chi connectivity index (χ1v) is 7.73. The van der Waals surface area contributed by atoms with Crippen molar-refractivity contribution in [1.82, 2.24) is 0 Å². The Hall–Kier alpha value is -2.89. The summed E-state index contributed by atoms with van der Waals surface area (Å²) in [6, 6.07) is 4.23. The highest BCUT2D eigenvalue weighted by Crippen LogP contribution is 2.26. The minimum atomic E-state index is -1.88. The Morgan fingerprint density at radius 3 is 2.37 bits per heavy atom. The van der Waals surface area contributed by atoms with Gasteiger partial charge in [-0.15, -0.1) is 0 Å². The summed E-state index contributed by atoms with van der Waals surface area (Å²) in [4.78, 5) is 25.7. The van der Waals surface area contributed by atoms with E-state index in [-0.39, 0.29) is 41.7 Å². The summed E-state index contributed by atoms with van der Waals surface area (Å²) in [5.74, 6) is -1.79. The average molecular weight is 378 g/mol. The number of benzene rings is 1. The number of ether oxygens (including phenoxy) is 4. The topological polar surface area (TPSA) is 139 Å². The number of carbonyl (C=O) groups is 2. The summed E-state index contributed by atoms with van der Waals surface area (Å²) in [7, 11) is 1.74. The van der Waals surface area contributed by atoms with Crippen LogP contribution in [-0.2, 0) is 28.5 Å². The number of hydrogen-bond donors (Lipinski definition) is 3. The minimum absolute atomic E-state index is 0.0266. The van der Waals surface area contributed by atoms with E-state index in [0.717, 1.165) is 14.2 Å². The van der Waals surface area contributed by atoms with Crippen molar-refractivity contribution < 1.29 is 38.6 Å². The lowest BCUT2D eigenvalue weighted by atomic mass is 9.78. The zero-order valence-corrected chi connectivity index (χ0v) is 15.0. The fraction of sp³-hybridized carbons (Fsp3) is 0.312. The van der Waals surface area contributed by atoms with Crippen LogP contribution in [-0.4, -0.2) is 69.7 Å². The van der Waals surface area contributed by atoms with Gasteiger partial charge >= 0.3 is 19.1 Å². The van der Waals surface area contributed by atoms with Crippen LogP contribution in [0.4, 0.5) is 5.69 Å². The van der Waals surface area contributed by atoms with E-state index in [2.05, 4.69) is 0 Å². The second-order valence-electron chi connectivity index (χ2n) is 5.40. The van der Waals surface area contributed by atoms with Crippen LogP contribution in [0.25, 0.3) is 0 Å². The summed E-state index contributed by atoms with van der Waals surface area (Å²) in [5, 5.41) is 27.2. The third-order valence-corrected chi connectivity index (χ3v) is 3.90. The van der Waals surface area contributed by atoms with Gasteiger partial charge in [-0.3, -0.25) is 5.41 Å². The van der Waals surface area contributed by atoms with Crippen LogP contribution in [0.15, 0.2) is 29.5 Å². The summed E-state index contributed by atoms with van der Waals surface area (Å²) < 4.78 is 19.7. The maximum absolute atomic E-state index is 12.4. The van der Waals surface area contributed by atoms with Gasteiger partial charge in [-0.1, -0.05) is 6.07 Å². The normalized spacial score (nSPS) is 13.9. The van der Waals surface area contributed by atoms with Crippen molar-refractivity contribution in [3.8, 4) is 0 Å². The molecule has 3 N–H and O–H groups in total. The Labute approximate surface area is 155 Å². The molecule has 0 aliphatic carbocycles. The number of nitrogens with zero attached hydrogens (tertiary/aromatic N) is 1. The molecule has 0 bridgehead atoms. The van der Waals surface area contributed by atoms with Gasteiger partial charge in [0.2, 0.25) is 5.90 Å². The summed E-state index contributed by atoms with van der Waals surface area (Å²) in [6.45, 7) is -0.355. The van der Waals surface area contributed by atoms with E-state index >= 15 is 0 Å². The second-order valence-corrected chi connectivity index (χ2v) is 5.40. The Balaban J connectivity index is 2.70. The van der Waals surface area contributed by atoms with Gasteiger partial charge in [0, 0.05) is 16.7 Å². The van der Waals surface area contributed by atoms with Crippen molar-refractivity contribution >= 4 is 36.1 Å². The van der Waals surface area contributed by atoms with Crippen molar-refractivity contribution in [3.05, 3.63) is 35.0 Å². The number of nitrogens with one attached hydrogen (secondary N) is 1. The van der Waals surface area contributed by atoms with Crippen LogP contribution in [0.2, 0.25) is 0 Å². The van der Waals surface area contributed by atoms with Crippen molar-refractivity contribution in [2.45, 2.75) is 0 Å². The molecule has 1 aromatic rings. The number of hydrogen-bond acceptors (Lipinski definition) is 10. The van der Waals surface area contributed by atoms with Gasteiger partial charge in [0.15, 0.2) is 0 Å². The molecule has 0 fully saturated rings. The van der Waals surface area contributed by atoms with Crippen LogP contribution in [0.3, 0.4) is 0 Å². The van der Waals surface area contributed by atoms with Gasteiger partial charge in [0.05, 0.1) is 33.5 Å². The first-order chi connectivity index (χ1) is 12.8. The molecule has 1 heterocycles. The van der Waals surface area contributed by atoms with Crippen LogP contribution in [0.5, 0.6) is 0 Å². The van der Waals surface area contributed by atoms with Gasteiger partial charge in [0.25, 0.3) is 0 Å². The molecule has 0 saturated heterocycles. The SMILES string of the molecule is COC(=N)c1ccc(B(O)O)c(N2COCC(C(=O)OC)=C2C(=O)OC)c1. The van der Waals surface area contributed by atoms with Gasteiger partial charge in [-0.25, -0.2) is 9.59 Å². The van der Waals surface area contributed by atoms with Gasteiger partial charge < -0.3 is 33.9 Å². The molecule has 144 valence electrons. The van der Waals surface area contributed by atoms with Crippen molar-refractivity contribution in [2.24, 2.45) is 0 Å². The quantitative estimate of drug-likeness (QED) is 0.248. The van der Waals surface area contributed by atoms with Crippen LogP contribution < -0.4 is 10.4 Å². The predicted octanol–water partition coefficient (Wildman–Crippen LogP) is -1.27. The molecule has 0 aromatic heterocycles. The molecule has 0 amide bonds. The molecule has 1 aliphatic heterocycles. The average Bonchev–Trinajstić information content (AvgIpc) is 2.70. The lowest BCUT2D eigenvalue weighted by Crippen LogP contribution is -2.43. The lowest BCUT2D eigenvalue weighted by molar-refractivity contribution is -0.140. The van der Waals surface area contributed by atoms with E-state index in [0.29, 0.717) is 5.56 Å². The van der Waals surface area contributed by atoms with E-state index in [1.165, 1.54) is 30.2 Å². The molecular weight excluding hydrogens is 359 g/mol. The van der Waals surface area contributed by atoms with Crippen molar-refractivity contribution in [3.63, 3.8) is 0 Å². The summed E-state index contributed by atoms with van der Waals surface area (Å²) >= 11 is 0. The van der Waals surface area contributed by atoms with Gasteiger partial charge in [0.1, 0.15) is 12.4 Å². The van der Waals surface area contributed by atoms with Gasteiger partial charge in [-0.05, 0) is 12.1 Å². The van der Waals surface area contributed by atoms with Crippen LogP contribution in [0, 0.1) is 5.41 Å². The molecule has 0 unspecified atom stereocenters. The maximum atomic E-state index is 12.4. The van der Waals surface area contributed by atoms with E-state index in [1.807, 2.05) is 0 Å². The molecule has 11 heteroatoms. The van der Waals surface area contributed by atoms with Gasteiger partial charge in [-0.2, -0.15) is 0 Å². The molecule has 0 radical (unpaired) electrons. The molecule has 2 rings (SSSR count). The Kier molecular flexibility index (Phi) is 6.56. The van der Waals surface area contributed by atoms with Crippen LogP contribution >= 0.6 is 0 Å². The molecule has 0 spiro atoms. The van der Waals surface area contributed by atoms with E-state index in [9.17, 15) is 19.6 Å². The highest BCUT2D eigenvalue weighted by atomic mass is 16.5. The third kappa shape index (κ3) is 4.10. The first kappa shape index (κ1) is 20.4. The Morgan fingerprint density at radius 2 is 1.81 bits per heavy atom. The second kappa shape index (κ2) is 8.67. The highest BCUT2D eigenvalue weighted by Gasteiger charge is 2.34. The number of carbonyl (C=O) groups excluding carboxylic acids is 2. The van der Waals surface area contributed by atoms with Crippen LogP contribution in [0.1, 0.15) is 5.56 Å². The Bertz CT molecular complexity index is 793. The predicted molar refractivity (Wildman–Crippen MR) is 94.5 cm³/mol. The van der Waals surface area contributed by atoms with E-state index in [1.54, 1.807) is 0 Å². The largest absolute Gasteiger partial charge is 0.490 e. The number of esters is 2. The zero-order valence-electron chi connectivity index (χ0n) is 15.0. The standard InChI is InChI=1S/C16H19BN2O8/c1-24-14(18)9-4-5-11(17(22)23)12(6-9)19-8-27-7-10(15(20)25-2)13(19)16(21)26-3/h4-6,18,22-23H,7-8H2,1-3H3. The smallest absolute Gasteiger partial charge is 0.481 e. The summed E-state index contributed by atoms with van der Waals surface area (Å²) in [5.41, 5.74) is 0.232. The molecular formula is C16H19BN2O8. The lowest BCUT2D eigenvalue weighted by Gasteiger charge is -2.33. The minimum Gasteiger partial charge on any atom is -0.481 e. The maximum Gasteiger partial charge on any atom is 0.490 e. The fourth-order valence-electron chi connectivity index (χ4n) is 2.59. The highest BCUT2D eigenvalue weighted by molar-refractivity contribution is 6.60. The zero-order chi connectivity index (χ0) is 20.1. The molecule has 10 nitrogen and oxygen atoms in total. The molecule has 0 atom stereocenters. The molecule has 1 aliphatic rings. The first-order valence-electron chi connectivity index (χ1n) is 7.73. The molecule has 27 heavy (non-hydrogen) atoms. The number of anilines is 1. The number of methoxy groups -OCH3 is 3. The van der Waals surface area contributed by atoms with Crippen molar-refractivity contribution in [2.75, 3.05) is 39.6 Å². The number of rotatable bonds is 5. The van der Waals surface area contributed by atoms with E-state index < -0.39 is 19.1 Å². The monoisotopic (exact) mass is 378 g/mol. The third-order valence-electron chi connectivity index (χ3n) is 3.90. The fourth-order valence-corrected chi connectivity index (χ4v) is 2.59. The van der Waals surface area contributed by atoms with Crippen molar-refractivity contribution in [1.29, 1.82) is 5.41 Å². The molecule has 0 saturated carbocycles. The van der Waals surface area contributed by atoms with E-state index in [4.69, 9.17) is 24.4 Å².